The van der Waals surface area contributed by atoms with Crippen LogP contribution in [0, 0.1) is 0 Å². The van der Waals surface area contributed by atoms with Crippen LogP contribution >= 0.6 is 11.8 Å². The average Bonchev–Trinajstić information content (AvgIpc) is 2.77. The van der Waals surface area contributed by atoms with Gasteiger partial charge in [-0.15, -0.1) is 0 Å². The number of fused-ring (bicyclic) bond motifs is 1. The zero-order valence-corrected chi connectivity index (χ0v) is 18.2. The van der Waals surface area contributed by atoms with Gasteiger partial charge in [0.15, 0.2) is 5.16 Å². The zero-order chi connectivity index (χ0) is 21.7. The van der Waals surface area contributed by atoms with Crippen LogP contribution in [-0.2, 0) is 16.7 Å². The Bertz CT molecular complexity index is 1340. The first-order chi connectivity index (χ1) is 15.0. The number of hydrogen-bond acceptors (Lipinski definition) is 6. The minimum absolute atomic E-state index is 0.152. The van der Waals surface area contributed by atoms with Crippen LogP contribution in [0.15, 0.2) is 94.9 Å². The molecular formula is C23H20N2O4S2. The van der Waals surface area contributed by atoms with E-state index in [1.165, 1.54) is 11.8 Å². The third-order valence-corrected chi connectivity index (χ3v) is 6.93. The maximum absolute atomic E-state index is 13.1. The largest absolute Gasteiger partial charge is 0.382 e. The van der Waals surface area contributed by atoms with Crippen LogP contribution in [-0.4, -0.2) is 29.5 Å². The van der Waals surface area contributed by atoms with E-state index in [0.717, 1.165) is 5.56 Å². The molecule has 3 aromatic carbocycles. The van der Waals surface area contributed by atoms with Crippen LogP contribution in [0.3, 0.4) is 0 Å². The van der Waals surface area contributed by atoms with E-state index in [4.69, 9.17) is 4.18 Å². The van der Waals surface area contributed by atoms with Gasteiger partial charge >= 0.3 is 10.1 Å². The summed E-state index contributed by atoms with van der Waals surface area (Å²) in [5, 5.41) is 1.00. The number of aromatic nitrogens is 2. The number of hydrogen-bond donors (Lipinski definition) is 0. The number of benzene rings is 3. The first-order valence-corrected chi connectivity index (χ1v) is 12.2. The van der Waals surface area contributed by atoms with Gasteiger partial charge in [0.1, 0.15) is 5.75 Å². The fourth-order valence-electron chi connectivity index (χ4n) is 3.06. The molecule has 0 N–H and O–H groups in total. The summed E-state index contributed by atoms with van der Waals surface area (Å²) in [5.74, 6) is 0.271. The maximum atomic E-state index is 13.1. The van der Waals surface area contributed by atoms with E-state index in [1.54, 1.807) is 53.1 Å². The second kappa shape index (κ2) is 9.36. The van der Waals surface area contributed by atoms with Crippen molar-refractivity contribution in [3.63, 3.8) is 0 Å². The third-order valence-electron chi connectivity index (χ3n) is 4.54. The molecule has 6 nitrogen and oxygen atoms in total. The van der Waals surface area contributed by atoms with Gasteiger partial charge < -0.3 is 4.18 Å². The molecule has 0 spiro atoms. The summed E-state index contributed by atoms with van der Waals surface area (Å²) in [5.41, 5.74) is 1.40. The molecule has 0 saturated carbocycles. The lowest BCUT2D eigenvalue weighted by atomic mass is 10.2. The molecule has 0 fully saturated rings. The quantitative estimate of drug-likeness (QED) is 0.229. The Labute approximate surface area is 184 Å². The average molecular weight is 453 g/mol. The highest BCUT2D eigenvalue weighted by Crippen LogP contribution is 2.20. The van der Waals surface area contributed by atoms with Crippen molar-refractivity contribution < 1.29 is 12.6 Å². The van der Waals surface area contributed by atoms with E-state index >= 15 is 0 Å². The molecule has 0 amide bonds. The monoisotopic (exact) mass is 452 g/mol. The molecule has 4 rings (SSSR count). The molecule has 4 aromatic rings. The lowest BCUT2D eigenvalue weighted by Crippen LogP contribution is -2.24. The summed E-state index contributed by atoms with van der Waals surface area (Å²) in [6, 6.07) is 25.2. The second-order valence-corrected chi connectivity index (χ2v) is 9.55. The normalized spacial score (nSPS) is 11.5. The Balaban J connectivity index is 1.57. The molecule has 8 heteroatoms. The molecule has 0 bridgehead atoms. The first-order valence-electron chi connectivity index (χ1n) is 9.65. The topological polar surface area (TPSA) is 78.3 Å². The van der Waals surface area contributed by atoms with Gasteiger partial charge in [0.05, 0.1) is 23.2 Å². The fraction of sp³-hybridized carbons (Fsp3) is 0.130. The number of para-hydroxylation sites is 2. The number of rotatable bonds is 8. The summed E-state index contributed by atoms with van der Waals surface area (Å²) < 4.78 is 31.4. The molecule has 0 saturated heterocycles. The fourth-order valence-corrected chi connectivity index (χ4v) is 5.35. The van der Waals surface area contributed by atoms with Gasteiger partial charge in [-0.05, 0) is 29.8 Å². The molecule has 31 heavy (non-hydrogen) atoms. The molecule has 1 aromatic heterocycles. The minimum Gasteiger partial charge on any atom is -0.382 e. The Kier molecular flexibility index (Phi) is 6.39. The lowest BCUT2D eigenvalue weighted by Gasteiger charge is -2.13. The predicted molar refractivity (Wildman–Crippen MR) is 123 cm³/mol. The van der Waals surface area contributed by atoms with Crippen molar-refractivity contribution in [3.8, 4) is 5.75 Å². The van der Waals surface area contributed by atoms with Gasteiger partial charge in [-0.2, -0.15) is 8.42 Å². The molecule has 0 radical (unpaired) electrons. The summed E-state index contributed by atoms with van der Waals surface area (Å²) >= 11 is 1.23. The van der Waals surface area contributed by atoms with Crippen LogP contribution < -0.4 is 9.74 Å². The van der Waals surface area contributed by atoms with Crippen LogP contribution in [0.5, 0.6) is 5.75 Å². The number of nitrogens with zero attached hydrogens (tertiary/aromatic N) is 2. The standard InChI is InChI=1S/C23H20N2O4S2/c26-22-20-13-7-8-14-21(20)24-23(25(22)17-18-9-3-1-4-10-18)30-15-16-31(27,28)29-19-11-5-2-6-12-19/h1-14H,15-17H2. The van der Waals surface area contributed by atoms with Crippen molar-refractivity contribution in [2.45, 2.75) is 11.7 Å². The SMILES string of the molecule is O=c1c2ccccc2nc(SCCS(=O)(=O)Oc2ccccc2)n1Cc1ccccc1. The van der Waals surface area contributed by atoms with Gasteiger partial charge in [-0.25, -0.2) is 4.98 Å². The highest BCUT2D eigenvalue weighted by molar-refractivity contribution is 8.00. The molecule has 0 aliphatic heterocycles. The summed E-state index contributed by atoms with van der Waals surface area (Å²) in [7, 11) is -3.77. The molecule has 1 heterocycles. The van der Waals surface area contributed by atoms with Crippen molar-refractivity contribution in [1.29, 1.82) is 0 Å². The molecule has 0 unspecified atom stereocenters. The van der Waals surface area contributed by atoms with Gasteiger partial charge in [0, 0.05) is 5.75 Å². The van der Waals surface area contributed by atoms with E-state index in [0.29, 0.717) is 22.6 Å². The Hall–Kier alpha value is -3.10. The minimum atomic E-state index is -3.77. The van der Waals surface area contributed by atoms with Crippen LogP contribution in [0.1, 0.15) is 5.56 Å². The van der Waals surface area contributed by atoms with E-state index in [1.807, 2.05) is 36.4 Å². The molecule has 0 aliphatic carbocycles. The lowest BCUT2D eigenvalue weighted by molar-refractivity contribution is 0.488. The van der Waals surface area contributed by atoms with Crippen LogP contribution in [0.4, 0.5) is 0 Å². The van der Waals surface area contributed by atoms with E-state index in [-0.39, 0.29) is 22.8 Å². The predicted octanol–water partition coefficient (Wildman–Crippen LogP) is 3.95. The highest BCUT2D eigenvalue weighted by Gasteiger charge is 2.16. The van der Waals surface area contributed by atoms with Crippen molar-refractivity contribution in [1.82, 2.24) is 9.55 Å². The number of thioether (sulfide) groups is 1. The summed E-state index contributed by atoms with van der Waals surface area (Å²) in [6.07, 6.45) is 0. The van der Waals surface area contributed by atoms with E-state index < -0.39 is 10.1 Å². The van der Waals surface area contributed by atoms with Gasteiger partial charge in [0.2, 0.25) is 0 Å². The highest BCUT2D eigenvalue weighted by atomic mass is 32.2. The van der Waals surface area contributed by atoms with Crippen molar-refractivity contribution in [2.75, 3.05) is 11.5 Å². The smallest absolute Gasteiger partial charge is 0.310 e. The maximum Gasteiger partial charge on any atom is 0.310 e. The van der Waals surface area contributed by atoms with Crippen molar-refractivity contribution in [3.05, 3.63) is 101 Å². The second-order valence-electron chi connectivity index (χ2n) is 6.80. The van der Waals surface area contributed by atoms with Gasteiger partial charge in [0.25, 0.3) is 5.56 Å². The van der Waals surface area contributed by atoms with Crippen LogP contribution in [0.2, 0.25) is 0 Å². The van der Waals surface area contributed by atoms with Gasteiger partial charge in [-0.1, -0.05) is 72.4 Å². The Morgan fingerprint density at radius 2 is 1.52 bits per heavy atom. The third kappa shape index (κ3) is 5.34. The Morgan fingerprint density at radius 1 is 0.871 bits per heavy atom. The first kappa shape index (κ1) is 21.1. The Morgan fingerprint density at radius 3 is 2.26 bits per heavy atom. The molecule has 0 aliphatic rings. The van der Waals surface area contributed by atoms with Crippen molar-refractivity contribution >= 4 is 32.8 Å². The van der Waals surface area contributed by atoms with E-state index in [2.05, 4.69) is 4.98 Å². The van der Waals surface area contributed by atoms with Crippen LogP contribution in [0.25, 0.3) is 10.9 Å². The van der Waals surface area contributed by atoms with Gasteiger partial charge in [-0.3, -0.25) is 9.36 Å². The molecule has 158 valence electrons. The van der Waals surface area contributed by atoms with E-state index in [9.17, 15) is 13.2 Å². The van der Waals surface area contributed by atoms with Crippen molar-refractivity contribution in [2.24, 2.45) is 0 Å². The zero-order valence-electron chi connectivity index (χ0n) is 16.5. The summed E-state index contributed by atoms with van der Waals surface area (Å²) in [6.45, 7) is 0.354. The molecular weight excluding hydrogens is 432 g/mol. The summed E-state index contributed by atoms with van der Waals surface area (Å²) in [4.78, 5) is 17.7. The molecule has 0 atom stereocenters.